The molecule has 2 aromatic carbocycles. The van der Waals surface area contributed by atoms with Gasteiger partial charge in [-0.05, 0) is 48.2 Å². The molecule has 5 nitrogen and oxygen atoms in total. The first-order chi connectivity index (χ1) is 11.1. The standard InChI is InChI=1S/C17H14O5S/c18-16-3-1-2-10-7-15-13-5-4-12(22-23(19)20)6-11(13)9-21-17(15)8-14(10)16/h4-8H,1-3,9H2,(H,19,20). The van der Waals surface area contributed by atoms with E-state index in [-0.39, 0.29) is 5.78 Å². The predicted molar refractivity (Wildman–Crippen MR) is 84.9 cm³/mol. The second kappa shape index (κ2) is 5.47. The van der Waals surface area contributed by atoms with Gasteiger partial charge in [0.15, 0.2) is 5.78 Å². The van der Waals surface area contributed by atoms with Crippen LogP contribution in [0.3, 0.4) is 0 Å². The summed E-state index contributed by atoms with van der Waals surface area (Å²) in [6, 6.07) is 9.10. The van der Waals surface area contributed by atoms with Crippen molar-refractivity contribution in [3.8, 4) is 22.6 Å². The van der Waals surface area contributed by atoms with Crippen LogP contribution in [0.5, 0.6) is 11.5 Å². The zero-order valence-corrected chi connectivity index (χ0v) is 13.0. The minimum atomic E-state index is -2.35. The van der Waals surface area contributed by atoms with Gasteiger partial charge in [-0.25, -0.2) is 0 Å². The minimum absolute atomic E-state index is 0.178. The van der Waals surface area contributed by atoms with Gasteiger partial charge in [-0.15, -0.1) is 0 Å². The van der Waals surface area contributed by atoms with Crippen LogP contribution in [0.15, 0.2) is 30.3 Å². The molecule has 0 fully saturated rings. The van der Waals surface area contributed by atoms with Crippen molar-refractivity contribution >= 4 is 17.1 Å². The Kier molecular flexibility index (Phi) is 3.43. The molecule has 1 heterocycles. The molecule has 0 radical (unpaired) electrons. The van der Waals surface area contributed by atoms with Gasteiger partial charge in [-0.2, -0.15) is 4.21 Å². The molecule has 4 rings (SSSR count). The van der Waals surface area contributed by atoms with E-state index in [1.807, 2.05) is 18.2 Å². The highest BCUT2D eigenvalue weighted by molar-refractivity contribution is 7.74. The fourth-order valence-corrected chi connectivity index (χ4v) is 3.51. The Morgan fingerprint density at radius 2 is 1.91 bits per heavy atom. The highest BCUT2D eigenvalue weighted by Gasteiger charge is 2.24. The van der Waals surface area contributed by atoms with Crippen molar-refractivity contribution in [1.29, 1.82) is 0 Å². The van der Waals surface area contributed by atoms with Crippen LogP contribution in [0.1, 0.15) is 34.3 Å². The van der Waals surface area contributed by atoms with Crippen molar-refractivity contribution < 1.29 is 22.5 Å². The number of fused-ring (bicyclic) bond motifs is 4. The van der Waals surface area contributed by atoms with Crippen molar-refractivity contribution in [3.63, 3.8) is 0 Å². The normalized spacial score (nSPS) is 16.7. The monoisotopic (exact) mass is 330 g/mol. The van der Waals surface area contributed by atoms with E-state index in [0.29, 0.717) is 24.5 Å². The van der Waals surface area contributed by atoms with Crippen LogP contribution in [0.2, 0.25) is 0 Å². The van der Waals surface area contributed by atoms with Crippen molar-refractivity contribution in [3.05, 3.63) is 47.0 Å². The molecule has 23 heavy (non-hydrogen) atoms. The highest BCUT2D eigenvalue weighted by Crippen LogP contribution is 2.41. The summed E-state index contributed by atoms with van der Waals surface area (Å²) in [5.74, 6) is 1.22. The summed E-state index contributed by atoms with van der Waals surface area (Å²) in [6.07, 6.45) is 2.38. The molecule has 0 aromatic heterocycles. The van der Waals surface area contributed by atoms with Crippen LogP contribution in [-0.2, 0) is 24.4 Å². The van der Waals surface area contributed by atoms with Gasteiger partial charge in [0.2, 0.25) is 0 Å². The predicted octanol–water partition coefficient (Wildman–Crippen LogP) is 3.28. The summed E-state index contributed by atoms with van der Waals surface area (Å²) in [7, 11) is 0. The number of ketones is 1. The Labute approximate surface area is 135 Å². The van der Waals surface area contributed by atoms with Gasteiger partial charge in [0.05, 0.1) is 0 Å². The average molecular weight is 330 g/mol. The van der Waals surface area contributed by atoms with Crippen LogP contribution in [0, 0.1) is 0 Å². The maximum absolute atomic E-state index is 12.0. The van der Waals surface area contributed by atoms with Crippen molar-refractivity contribution in [2.45, 2.75) is 25.9 Å². The Hall–Kier alpha value is -2.18. The lowest BCUT2D eigenvalue weighted by molar-refractivity contribution is 0.0972. The first-order valence-electron chi connectivity index (χ1n) is 7.37. The first kappa shape index (κ1) is 14.4. The van der Waals surface area contributed by atoms with Crippen molar-refractivity contribution in [2.75, 3.05) is 0 Å². The molecule has 0 amide bonds. The number of hydrogen-bond donors (Lipinski definition) is 1. The van der Waals surface area contributed by atoms with E-state index in [2.05, 4.69) is 0 Å². The zero-order valence-electron chi connectivity index (χ0n) is 12.2. The summed E-state index contributed by atoms with van der Waals surface area (Å²) >= 11 is -2.35. The highest BCUT2D eigenvalue weighted by atomic mass is 32.2. The van der Waals surface area contributed by atoms with Crippen LogP contribution in [0.4, 0.5) is 0 Å². The summed E-state index contributed by atoms with van der Waals surface area (Å²) in [5.41, 5.74) is 4.68. The van der Waals surface area contributed by atoms with Gasteiger partial charge >= 0.3 is 11.4 Å². The summed E-state index contributed by atoms with van der Waals surface area (Å²) < 4.78 is 30.1. The number of benzene rings is 2. The summed E-state index contributed by atoms with van der Waals surface area (Å²) in [4.78, 5) is 12.0. The second-order valence-electron chi connectivity index (χ2n) is 5.69. The molecule has 2 aliphatic rings. The third-order valence-corrected chi connectivity index (χ3v) is 4.61. The third-order valence-electron chi connectivity index (χ3n) is 4.27. The number of rotatable bonds is 2. The number of ether oxygens (including phenoxy) is 1. The second-order valence-corrected chi connectivity index (χ2v) is 6.29. The van der Waals surface area contributed by atoms with E-state index in [1.54, 1.807) is 12.1 Å². The van der Waals surface area contributed by atoms with Crippen molar-refractivity contribution in [2.24, 2.45) is 0 Å². The Balaban J connectivity index is 1.80. The van der Waals surface area contributed by atoms with Gasteiger partial charge in [0, 0.05) is 23.1 Å². The summed E-state index contributed by atoms with van der Waals surface area (Å²) in [6.45, 7) is 0.338. The zero-order chi connectivity index (χ0) is 16.0. The number of Topliss-reactive ketones (excluding diaryl/α,β-unsaturated/α-hetero) is 1. The molecule has 0 saturated carbocycles. The molecule has 1 N–H and O–H groups in total. The number of carbonyl (C=O) groups is 1. The molecule has 118 valence electrons. The largest absolute Gasteiger partial charge is 0.488 e. The van der Waals surface area contributed by atoms with Crippen LogP contribution < -0.4 is 8.92 Å². The Morgan fingerprint density at radius 1 is 1.04 bits per heavy atom. The van der Waals surface area contributed by atoms with Crippen molar-refractivity contribution in [1.82, 2.24) is 0 Å². The topological polar surface area (TPSA) is 72.8 Å². The molecule has 0 spiro atoms. The van der Waals surface area contributed by atoms with E-state index in [0.717, 1.165) is 40.7 Å². The first-order valence-corrected chi connectivity index (χ1v) is 8.40. The van der Waals surface area contributed by atoms with E-state index in [1.165, 1.54) is 0 Å². The van der Waals surface area contributed by atoms with Gasteiger partial charge in [-0.1, -0.05) is 6.07 Å². The fourth-order valence-electron chi connectivity index (χ4n) is 3.24. The van der Waals surface area contributed by atoms with E-state index in [4.69, 9.17) is 13.5 Å². The molecule has 1 aliphatic carbocycles. The minimum Gasteiger partial charge on any atom is -0.488 e. The Bertz CT molecular complexity index is 843. The van der Waals surface area contributed by atoms with E-state index < -0.39 is 11.4 Å². The fraction of sp³-hybridized carbons (Fsp3) is 0.235. The third kappa shape index (κ3) is 2.54. The van der Waals surface area contributed by atoms with Gasteiger partial charge in [0.25, 0.3) is 0 Å². The van der Waals surface area contributed by atoms with E-state index >= 15 is 0 Å². The average Bonchev–Trinajstić information content (AvgIpc) is 2.53. The number of hydrogen-bond acceptors (Lipinski definition) is 4. The van der Waals surface area contributed by atoms with E-state index in [9.17, 15) is 9.00 Å². The maximum atomic E-state index is 12.0. The van der Waals surface area contributed by atoms with Crippen LogP contribution >= 0.6 is 0 Å². The number of carbonyl (C=O) groups excluding carboxylic acids is 1. The lowest BCUT2D eigenvalue weighted by Gasteiger charge is -2.24. The molecule has 1 unspecified atom stereocenters. The summed E-state index contributed by atoms with van der Waals surface area (Å²) in [5, 5.41) is 0. The van der Waals surface area contributed by atoms with Crippen LogP contribution in [0.25, 0.3) is 11.1 Å². The lowest BCUT2D eigenvalue weighted by Crippen LogP contribution is -2.13. The Morgan fingerprint density at radius 3 is 2.74 bits per heavy atom. The molecule has 6 heteroatoms. The quantitative estimate of drug-likeness (QED) is 0.856. The van der Waals surface area contributed by atoms with Gasteiger partial charge in [-0.3, -0.25) is 9.35 Å². The smallest absolute Gasteiger partial charge is 0.357 e. The number of aryl methyl sites for hydroxylation is 1. The van der Waals surface area contributed by atoms with Gasteiger partial charge in [0.1, 0.15) is 18.1 Å². The SMILES string of the molecule is O=C1CCCc2cc3c(cc21)OCc1cc(OS(=O)O)ccc1-3. The molecule has 2 aromatic rings. The maximum Gasteiger partial charge on any atom is 0.357 e. The van der Waals surface area contributed by atoms with Gasteiger partial charge < -0.3 is 8.92 Å². The molecule has 0 bridgehead atoms. The molecular weight excluding hydrogens is 316 g/mol. The molecule has 0 saturated heterocycles. The molecular formula is C17H14O5S. The lowest BCUT2D eigenvalue weighted by atomic mass is 9.86. The molecule has 1 aliphatic heterocycles. The molecule has 1 atom stereocenters. The van der Waals surface area contributed by atoms with Crippen LogP contribution in [-0.4, -0.2) is 14.5 Å².